The van der Waals surface area contributed by atoms with Crippen LogP contribution in [0.1, 0.15) is 18.4 Å². The molecule has 1 nitrogen and oxygen atoms in total. The van der Waals surface area contributed by atoms with Gasteiger partial charge in [0.2, 0.25) is 0 Å². The van der Waals surface area contributed by atoms with Gasteiger partial charge in [0.15, 0.2) is 0 Å². The summed E-state index contributed by atoms with van der Waals surface area (Å²) in [7, 11) is 0. The van der Waals surface area contributed by atoms with Crippen molar-refractivity contribution in [3.05, 3.63) is 35.6 Å². The lowest BCUT2D eigenvalue weighted by Crippen LogP contribution is -2.17. The maximum atomic E-state index is 12.6. The van der Waals surface area contributed by atoms with Gasteiger partial charge in [-0.15, -0.1) is 12.4 Å². The van der Waals surface area contributed by atoms with E-state index in [1.54, 1.807) is 0 Å². The molecule has 0 bridgehead atoms. The van der Waals surface area contributed by atoms with Crippen LogP contribution in [-0.2, 0) is 6.42 Å². The molecule has 1 aromatic carbocycles. The van der Waals surface area contributed by atoms with E-state index < -0.39 is 0 Å². The van der Waals surface area contributed by atoms with Crippen LogP contribution in [-0.4, -0.2) is 6.54 Å². The minimum atomic E-state index is -0.165. The van der Waals surface area contributed by atoms with E-state index in [9.17, 15) is 4.39 Å². The third kappa shape index (κ3) is 2.46. The van der Waals surface area contributed by atoms with Crippen molar-refractivity contribution in [1.29, 1.82) is 0 Å². The molecule has 1 fully saturated rings. The van der Waals surface area contributed by atoms with Gasteiger partial charge in [-0.1, -0.05) is 12.1 Å². The summed E-state index contributed by atoms with van der Waals surface area (Å²) in [5.41, 5.74) is 7.22. The van der Waals surface area contributed by atoms with Crippen LogP contribution < -0.4 is 5.73 Å². The normalized spacial score (nSPS) is 17.3. The third-order valence-electron chi connectivity index (χ3n) is 2.88. The molecule has 0 aliphatic heterocycles. The molecule has 0 heterocycles. The Bertz CT molecular complexity index is 293. The predicted octanol–water partition coefficient (Wildman–Crippen LogP) is 2.53. The monoisotopic (exact) mass is 215 g/mol. The average Bonchev–Trinajstić information content (AvgIpc) is 2.90. The van der Waals surface area contributed by atoms with E-state index in [4.69, 9.17) is 5.73 Å². The van der Waals surface area contributed by atoms with Crippen LogP contribution in [0, 0.1) is 11.2 Å². The van der Waals surface area contributed by atoms with E-state index in [2.05, 4.69) is 0 Å². The number of benzene rings is 1. The predicted molar refractivity (Wildman–Crippen MR) is 58.1 cm³/mol. The smallest absolute Gasteiger partial charge is 0.123 e. The number of hydrogen-bond donors (Lipinski definition) is 1. The van der Waals surface area contributed by atoms with E-state index in [0.717, 1.165) is 13.0 Å². The summed E-state index contributed by atoms with van der Waals surface area (Å²) in [6, 6.07) is 6.74. The van der Waals surface area contributed by atoms with Gasteiger partial charge in [0.1, 0.15) is 5.82 Å². The van der Waals surface area contributed by atoms with Gasteiger partial charge in [-0.2, -0.15) is 0 Å². The summed E-state index contributed by atoms with van der Waals surface area (Å²) >= 11 is 0. The van der Waals surface area contributed by atoms with E-state index in [1.165, 1.54) is 30.5 Å². The Balaban J connectivity index is 0.000000980. The third-order valence-corrected chi connectivity index (χ3v) is 2.88. The molecule has 1 saturated carbocycles. The molecule has 0 spiro atoms. The van der Waals surface area contributed by atoms with Gasteiger partial charge in [-0.3, -0.25) is 0 Å². The zero-order chi connectivity index (χ0) is 9.31. The zero-order valence-electron chi connectivity index (χ0n) is 8.00. The fourth-order valence-electron chi connectivity index (χ4n) is 1.67. The second-order valence-corrected chi connectivity index (χ2v) is 4.01. The topological polar surface area (TPSA) is 26.0 Å². The summed E-state index contributed by atoms with van der Waals surface area (Å²) in [5.74, 6) is -0.165. The summed E-state index contributed by atoms with van der Waals surface area (Å²) in [6.07, 6.45) is 3.45. The minimum absolute atomic E-state index is 0. The van der Waals surface area contributed by atoms with Crippen LogP contribution in [0.2, 0.25) is 0 Å². The zero-order valence-corrected chi connectivity index (χ0v) is 8.82. The Morgan fingerprint density at radius 1 is 1.21 bits per heavy atom. The van der Waals surface area contributed by atoms with Crippen molar-refractivity contribution in [2.45, 2.75) is 19.3 Å². The lowest BCUT2D eigenvalue weighted by Gasteiger charge is -2.11. The van der Waals surface area contributed by atoms with Crippen molar-refractivity contribution in [3.63, 3.8) is 0 Å². The molecule has 14 heavy (non-hydrogen) atoms. The SMILES string of the molecule is Cl.NCC1(Cc2ccc(F)cc2)CC1. The van der Waals surface area contributed by atoms with Crippen molar-refractivity contribution in [3.8, 4) is 0 Å². The number of rotatable bonds is 3. The molecule has 1 aromatic rings. The fourth-order valence-corrected chi connectivity index (χ4v) is 1.67. The first-order valence-corrected chi connectivity index (χ1v) is 4.69. The fraction of sp³-hybridized carbons (Fsp3) is 0.455. The second-order valence-electron chi connectivity index (χ2n) is 4.01. The van der Waals surface area contributed by atoms with E-state index in [-0.39, 0.29) is 18.2 Å². The number of halogens is 2. The molecule has 3 heteroatoms. The lowest BCUT2D eigenvalue weighted by atomic mass is 9.97. The molecule has 78 valence electrons. The van der Waals surface area contributed by atoms with Crippen LogP contribution in [0.25, 0.3) is 0 Å². The maximum absolute atomic E-state index is 12.6. The van der Waals surface area contributed by atoms with Crippen molar-refractivity contribution in [2.24, 2.45) is 11.1 Å². The number of hydrogen-bond acceptors (Lipinski definition) is 1. The highest BCUT2D eigenvalue weighted by molar-refractivity contribution is 5.85. The molecule has 0 amide bonds. The van der Waals surface area contributed by atoms with Crippen LogP contribution in [0.15, 0.2) is 24.3 Å². The highest BCUT2D eigenvalue weighted by Crippen LogP contribution is 2.47. The van der Waals surface area contributed by atoms with Crippen LogP contribution in [0.3, 0.4) is 0 Å². The molecule has 0 aromatic heterocycles. The highest BCUT2D eigenvalue weighted by Gasteiger charge is 2.40. The second kappa shape index (κ2) is 4.28. The molecular weight excluding hydrogens is 201 g/mol. The van der Waals surface area contributed by atoms with Gasteiger partial charge in [-0.05, 0) is 48.9 Å². The van der Waals surface area contributed by atoms with Crippen molar-refractivity contribution in [1.82, 2.24) is 0 Å². The molecule has 1 aliphatic carbocycles. The maximum Gasteiger partial charge on any atom is 0.123 e. The summed E-state index contributed by atoms with van der Waals surface area (Å²) < 4.78 is 12.6. The molecule has 0 unspecified atom stereocenters. The molecular formula is C11H15ClFN. The highest BCUT2D eigenvalue weighted by atomic mass is 35.5. The number of nitrogens with two attached hydrogens (primary N) is 1. The van der Waals surface area contributed by atoms with Crippen LogP contribution in [0.5, 0.6) is 0 Å². The van der Waals surface area contributed by atoms with E-state index >= 15 is 0 Å². The average molecular weight is 216 g/mol. The van der Waals surface area contributed by atoms with Crippen LogP contribution >= 0.6 is 12.4 Å². The van der Waals surface area contributed by atoms with Gasteiger partial charge in [0.05, 0.1) is 0 Å². The molecule has 2 N–H and O–H groups in total. The van der Waals surface area contributed by atoms with Crippen molar-refractivity contribution in [2.75, 3.05) is 6.54 Å². The van der Waals surface area contributed by atoms with Crippen molar-refractivity contribution < 1.29 is 4.39 Å². The van der Waals surface area contributed by atoms with Gasteiger partial charge in [0.25, 0.3) is 0 Å². The first kappa shape index (κ1) is 11.5. The summed E-state index contributed by atoms with van der Waals surface area (Å²) in [5, 5.41) is 0. The Morgan fingerprint density at radius 3 is 2.21 bits per heavy atom. The quantitative estimate of drug-likeness (QED) is 0.824. The van der Waals surface area contributed by atoms with Gasteiger partial charge in [-0.25, -0.2) is 4.39 Å². The van der Waals surface area contributed by atoms with Gasteiger partial charge < -0.3 is 5.73 Å². The Morgan fingerprint density at radius 2 is 1.79 bits per heavy atom. The Labute approximate surface area is 89.9 Å². The Hall–Kier alpha value is -0.600. The van der Waals surface area contributed by atoms with E-state index in [1.807, 2.05) is 12.1 Å². The van der Waals surface area contributed by atoms with Crippen LogP contribution in [0.4, 0.5) is 4.39 Å². The molecule has 1 aliphatic rings. The molecule has 0 atom stereocenters. The summed E-state index contributed by atoms with van der Waals surface area (Å²) in [6.45, 7) is 0.754. The Kier molecular flexibility index (Phi) is 3.51. The molecule has 2 rings (SSSR count). The standard InChI is InChI=1S/C11H14FN.ClH/c12-10-3-1-9(2-4-10)7-11(8-13)5-6-11;/h1-4H,5-8,13H2;1H. The minimum Gasteiger partial charge on any atom is -0.330 e. The molecule has 0 saturated heterocycles. The van der Waals surface area contributed by atoms with Gasteiger partial charge >= 0.3 is 0 Å². The van der Waals surface area contributed by atoms with Crippen molar-refractivity contribution >= 4 is 12.4 Å². The summed E-state index contributed by atoms with van der Waals surface area (Å²) in [4.78, 5) is 0. The first-order valence-electron chi connectivity index (χ1n) is 4.69. The van der Waals surface area contributed by atoms with E-state index in [0.29, 0.717) is 5.41 Å². The lowest BCUT2D eigenvalue weighted by molar-refractivity contribution is 0.520. The molecule has 0 radical (unpaired) electrons. The van der Waals surface area contributed by atoms with Gasteiger partial charge in [0, 0.05) is 0 Å². The first-order chi connectivity index (χ1) is 6.24. The largest absolute Gasteiger partial charge is 0.330 e.